The van der Waals surface area contributed by atoms with Gasteiger partial charge in [0.25, 0.3) is 0 Å². The average molecular weight is 658 g/mol. The van der Waals surface area contributed by atoms with Gasteiger partial charge in [-0.1, -0.05) is 6.92 Å². The fourth-order valence-corrected chi connectivity index (χ4v) is 10.3. The second kappa shape index (κ2) is 12.5. The third-order valence-corrected chi connectivity index (χ3v) is 12.3. The van der Waals surface area contributed by atoms with Crippen molar-refractivity contribution in [2.75, 3.05) is 13.2 Å². The van der Waals surface area contributed by atoms with Crippen LogP contribution in [-0.4, -0.2) is 117 Å². The Hall–Kier alpha value is -1.91. The fraction of sp³-hybridized carbons (Fsp3) is 0.906. The summed E-state index contributed by atoms with van der Waals surface area (Å²) in [6.45, 7) is 6.76. The van der Waals surface area contributed by atoms with Gasteiger partial charge in [0.2, 0.25) is 0 Å². The van der Waals surface area contributed by atoms with E-state index < -0.39 is 107 Å². The lowest BCUT2D eigenvalue weighted by atomic mass is 9.40. The zero-order valence-corrected chi connectivity index (χ0v) is 27.3. The van der Waals surface area contributed by atoms with E-state index in [0.29, 0.717) is 25.8 Å². The fourth-order valence-electron chi connectivity index (χ4n) is 10.3. The predicted octanol–water partition coefficient (Wildman–Crippen LogP) is -0.327. The second-order valence-electron chi connectivity index (χ2n) is 14.6. The van der Waals surface area contributed by atoms with E-state index in [0.717, 1.165) is 13.8 Å². The van der Waals surface area contributed by atoms with Crippen LogP contribution in [0.4, 0.5) is 0 Å². The van der Waals surface area contributed by atoms with Crippen molar-refractivity contribution in [3.63, 3.8) is 0 Å². The molecule has 0 radical (unpaired) electrons. The molecule has 5 rings (SSSR count). The summed E-state index contributed by atoms with van der Waals surface area (Å²) in [4.78, 5) is 36.1. The summed E-state index contributed by atoms with van der Waals surface area (Å²) >= 11 is 0. The Kier molecular flexibility index (Phi) is 9.63. The lowest BCUT2D eigenvalue weighted by Crippen LogP contribution is -2.76. The minimum absolute atomic E-state index is 0.00681. The van der Waals surface area contributed by atoms with Gasteiger partial charge in [-0.3, -0.25) is 14.4 Å². The van der Waals surface area contributed by atoms with Crippen LogP contribution in [0.15, 0.2) is 0 Å². The van der Waals surface area contributed by atoms with Crippen LogP contribution in [-0.2, 0) is 38.1 Å². The van der Waals surface area contributed by atoms with E-state index in [1.54, 1.807) is 6.92 Å². The Morgan fingerprint density at radius 3 is 2.11 bits per heavy atom. The summed E-state index contributed by atoms with van der Waals surface area (Å²) in [6, 6.07) is 0. The third kappa shape index (κ3) is 5.37. The summed E-state index contributed by atoms with van der Waals surface area (Å²) in [5, 5.41) is 59.2. The van der Waals surface area contributed by atoms with Crippen LogP contribution in [0.3, 0.4) is 0 Å². The van der Waals surface area contributed by atoms with Crippen molar-refractivity contribution in [3.05, 3.63) is 0 Å². The number of fused-ring (bicyclic) bond motifs is 5. The Balaban J connectivity index is 1.43. The van der Waals surface area contributed by atoms with E-state index in [1.807, 2.05) is 6.92 Å². The minimum Gasteiger partial charge on any atom is -0.456 e. The first-order valence-electron chi connectivity index (χ1n) is 16.4. The topological polar surface area (TPSA) is 225 Å². The molecule has 1 saturated heterocycles. The summed E-state index contributed by atoms with van der Waals surface area (Å²) in [7, 11) is 0. The van der Waals surface area contributed by atoms with Gasteiger partial charge in [-0.2, -0.15) is 0 Å². The zero-order chi connectivity index (χ0) is 34.0. The highest BCUT2D eigenvalue weighted by atomic mass is 16.7. The van der Waals surface area contributed by atoms with Gasteiger partial charge in [-0.25, -0.2) is 0 Å². The summed E-state index contributed by atoms with van der Waals surface area (Å²) in [5.74, 6) is -3.42. The second-order valence-corrected chi connectivity index (χ2v) is 14.6. The number of rotatable bonds is 7. The molecule has 1 aliphatic heterocycles. The van der Waals surface area contributed by atoms with Gasteiger partial charge in [-0.15, -0.1) is 0 Å². The molecule has 0 spiro atoms. The lowest BCUT2D eigenvalue weighted by molar-refractivity contribution is -0.343. The molecule has 14 heteroatoms. The van der Waals surface area contributed by atoms with Crippen LogP contribution >= 0.6 is 0 Å². The van der Waals surface area contributed by atoms with Gasteiger partial charge in [-0.05, 0) is 57.4 Å². The van der Waals surface area contributed by atoms with E-state index in [9.17, 15) is 39.9 Å². The average Bonchev–Trinajstić information content (AvgIpc) is 3.21. The molecule has 0 aromatic carbocycles. The standard InChI is InChI=1S/C32H51NO13/c1-15-25(43-16(2)35)26(44-17(3)36)27(45-18(4)37)28(42-15)46-20-10-23(39)31(14-34)24-21(7-8-30(31,40)11-20)32(41)9-6-19(13-33)29(32,5)12-22(24)38/h15,19-28,34,38-41H,6-14,33H2,1-5H3/t15-,19+,20-,21+,22+,23+,24+,25-,26+,27+,28-,29+,30-,31+,32-/m0/s1. The molecule has 0 unspecified atom stereocenters. The molecule has 0 aromatic heterocycles. The first-order valence-corrected chi connectivity index (χ1v) is 16.4. The molecule has 14 nitrogen and oxygen atoms in total. The highest BCUT2D eigenvalue weighted by Crippen LogP contribution is 2.69. The van der Waals surface area contributed by atoms with Crippen molar-refractivity contribution in [3.8, 4) is 0 Å². The maximum Gasteiger partial charge on any atom is 0.303 e. The maximum absolute atomic E-state index is 12.4. The Labute approximate surface area is 268 Å². The number of aliphatic hydroxyl groups is 5. The van der Waals surface area contributed by atoms with Gasteiger partial charge in [0.1, 0.15) is 0 Å². The van der Waals surface area contributed by atoms with Crippen molar-refractivity contribution in [2.24, 2.45) is 34.3 Å². The van der Waals surface area contributed by atoms with Crippen LogP contribution in [0.5, 0.6) is 0 Å². The molecule has 46 heavy (non-hydrogen) atoms. The molecule has 1 heterocycles. The Bertz CT molecular complexity index is 1190. The Morgan fingerprint density at radius 1 is 0.913 bits per heavy atom. The molecule has 7 N–H and O–H groups in total. The van der Waals surface area contributed by atoms with Gasteiger partial charge in [0, 0.05) is 44.9 Å². The van der Waals surface area contributed by atoms with Gasteiger partial charge < -0.3 is 55.0 Å². The summed E-state index contributed by atoms with van der Waals surface area (Å²) in [5.41, 5.74) is 0.968. The summed E-state index contributed by atoms with van der Waals surface area (Å²) < 4.78 is 28.6. The van der Waals surface area contributed by atoms with E-state index in [-0.39, 0.29) is 31.6 Å². The molecule has 4 aliphatic carbocycles. The van der Waals surface area contributed by atoms with Gasteiger partial charge in [0.05, 0.1) is 47.6 Å². The largest absolute Gasteiger partial charge is 0.456 e. The molecule has 0 amide bonds. The SMILES string of the molecule is CC(=O)O[C@@H]1[C@@H](OC(C)=O)[C@H](C)O[C@@H](O[C@H]2C[C@@H](O)[C@]3(CO)[C@H]4[C@H](O)C[C@]5(C)[C@@H](CN)CC[C@]5(O)[C@@H]4CC[C@]3(O)C2)[C@@H]1OC(C)=O. The molecule has 0 aromatic rings. The number of hydrogen-bond donors (Lipinski definition) is 6. The van der Waals surface area contributed by atoms with Crippen LogP contribution in [0, 0.1) is 28.6 Å². The van der Waals surface area contributed by atoms with E-state index in [2.05, 4.69) is 0 Å². The highest BCUT2D eigenvalue weighted by molar-refractivity contribution is 5.68. The lowest BCUT2D eigenvalue weighted by Gasteiger charge is -2.68. The molecular weight excluding hydrogens is 606 g/mol. The van der Waals surface area contributed by atoms with Crippen LogP contribution < -0.4 is 5.73 Å². The van der Waals surface area contributed by atoms with Crippen LogP contribution in [0.1, 0.15) is 79.6 Å². The van der Waals surface area contributed by atoms with Crippen molar-refractivity contribution in [1.82, 2.24) is 0 Å². The number of carbonyl (C=O) groups excluding carboxylic acids is 3. The first-order chi connectivity index (χ1) is 21.5. The van der Waals surface area contributed by atoms with Crippen molar-refractivity contribution in [1.29, 1.82) is 0 Å². The smallest absolute Gasteiger partial charge is 0.303 e. The van der Waals surface area contributed by atoms with E-state index >= 15 is 0 Å². The zero-order valence-electron chi connectivity index (χ0n) is 27.3. The highest BCUT2D eigenvalue weighted by Gasteiger charge is 2.75. The molecule has 4 saturated carbocycles. The number of esters is 3. The number of nitrogens with two attached hydrogens (primary N) is 1. The van der Waals surface area contributed by atoms with Gasteiger partial charge in [0.15, 0.2) is 24.6 Å². The Morgan fingerprint density at radius 2 is 1.52 bits per heavy atom. The molecule has 5 aliphatic rings. The maximum atomic E-state index is 12.4. The minimum atomic E-state index is -1.71. The third-order valence-electron chi connectivity index (χ3n) is 12.3. The number of ether oxygens (including phenoxy) is 5. The molecule has 262 valence electrons. The molecular formula is C32H51NO13. The number of hydrogen-bond acceptors (Lipinski definition) is 14. The van der Waals surface area contributed by atoms with Crippen molar-refractivity contribution < 1.29 is 63.6 Å². The van der Waals surface area contributed by atoms with Gasteiger partial charge >= 0.3 is 17.9 Å². The van der Waals surface area contributed by atoms with Crippen LogP contribution in [0.25, 0.3) is 0 Å². The molecule has 15 atom stereocenters. The molecule has 0 bridgehead atoms. The van der Waals surface area contributed by atoms with E-state index in [1.165, 1.54) is 6.92 Å². The first kappa shape index (κ1) is 35.4. The molecule has 5 fully saturated rings. The van der Waals surface area contributed by atoms with Crippen LogP contribution in [0.2, 0.25) is 0 Å². The normalized spacial score (nSPS) is 50.0. The van der Waals surface area contributed by atoms with E-state index in [4.69, 9.17) is 29.4 Å². The monoisotopic (exact) mass is 657 g/mol. The van der Waals surface area contributed by atoms with Crippen molar-refractivity contribution >= 4 is 17.9 Å². The number of aliphatic hydroxyl groups excluding tert-OH is 3. The number of carbonyl (C=O) groups is 3. The van der Waals surface area contributed by atoms with Crippen molar-refractivity contribution in [2.45, 2.75) is 140 Å². The quantitative estimate of drug-likeness (QED) is 0.117. The predicted molar refractivity (Wildman–Crippen MR) is 157 cm³/mol. The summed E-state index contributed by atoms with van der Waals surface area (Å²) in [6.07, 6.45) is -7.57.